The van der Waals surface area contributed by atoms with E-state index in [-0.39, 0.29) is 0 Å². The first kappa shape index (κ1) is 15.3. The molecule has 0 bridgehead atoms. The molecule has 1 unspecified atom stereocenters. The van der Waals surface area contributed by atoms with Crippen molar-refractivity contribution in [3.63, 3.8) is 0 Å². The van der Waals surface area contributed by atoms with Crippen LogP contribution in [0.2, 0.25) is 0 Å². The minimum Gasteiger partial charge on any atom is -0.378 e. The van der Waals surface area contributed by atoms with Crippen LogP contribution >= 0.6 is 0 Å². The van der Waals surface area contributed by atoms with Crippen LogP contribution in [0.3, 0.4) is 0 Å². The number of imidazole rings is 1. The van der Waals surface area contributed by atoms with E-state index in [1.165, 1.54) is 0 Å². The SMILES string of the molecule is CC(C)Cn1ccnc1CNC(=O)C(O)c1ccccc1. The molecule has 5 heteroatoms. The molecule has 2 N–H and O–H groups in total. The second-order valence-electron chi connectivity index (χ2n) is 5.42. The Bertz CT molecular complexity index is 578. The van der Waals surface area contributed by atoms with Gasteiger partial charge in [0, 0.05) is 18.9 Å². The second kappa shape index (κ2) is 7.04. The first-order chi connectivity index (χ1) is 10.1. The zero-order valence-electron chi connectivity index (χ0n) is 12.4. The molecular weight excluding hydrogens is 266 g/mol. The van der Waals surface area contributed by atoms with Gasteiger partial charge in [-0.05, 0) is 11.5 Å². The van der Waals surface area contributed by atoms with E-state index in [0.29, 0.717) is 18.0 Å². The maximum atomic E-state index is 12.0. The molecule has 1 aromatic carbocycles. The summed E-state index contributed by atoms with van der Waals surface area (Å²) in [5.74, 6) is 0.876. The van der Waals surface area contributed by atoms with Crippen LogP contribution in [0.15, 0.2) is 42.7 Å². The summed E-state index contributed by atoms with van der Waals surface area (Å²) in [6.07, 6.45) is 2.46. The van der Waals surface area contributed by atoms with Crippen molar-refractivity contribution in [1.82, 2.24) is 14.9 Å². The number of hydrogen-bond donors (Lipinski definition) is 2. The Labute approximate surface area is 124 Å². The summed E-state index contributed by atoms with van der Waals surface area (Å²) in [6, 6.07) is 8.88. The molecular formula is C16H21N3O2. The molecule has 2 aromatic rings. The summed E-state index contributed by atoms with van der Waals surface area (Å²) in [7, 11) is 0. The van der Waals surface area contributed by atoms with Crippen LogP contribution < -0.4 is 5.32 Å². The van der Waals surface area contributed by atoms with Crippen LogP contribution in [-0.4, -0.2) is 20.6 Å². The second-order valence-corrected chi connectivity index (χ2v) is 5.42. The number of aliphatic hydroxyl groups excluding tert-OH is 1. The fraction of sp³-hybridized carbons (Fsp3) is 0.375. The van der Waals surface area contributed by atoms with Crippen molar-refractivity contribution in [3.8, 4) is 0 Å². The number of amides is 1. The van der Waals surface area contributed by atoms with Gasteiger partial charge in [-0.3, -0.25) is 4.79 Å². The summed E-state index contributed by atoms with van der Waals surface area (Å²) in [5, 5.41) is 12.7. The molecule has 5 nitrogen and oxygen atoms in total. The van der Waals surface area contributed by atoms with E-state index in [4.69, 9.17) is 0 Å². The Morgan fingerprint density at radius 3 is 2.71 bits per heavy atom. The minimum atomic E-state index is -1.15. The van der Waals surface area contributed by atoms with E-state index in [0.717, 1.165) is 12.4 Å². The number of nitrogens with zero attached hydrogens (tertiary/aromatic N) is 2. The predicted molar refractivity (Wildman–Crippen MR) is 80.3 cm³/mol. The summed E-state index contributed by atoms with van der Waals surface area (Å²) >= 11 is 0. The molecule has 0 fully saturated rings. The number of nitrogens with one attached hydrogen (secondary N) is 1. The number of benzene rings is 1. The summed E-state index contributed by atoms with van der Waals surface area (Å²) in [6.45, 7) is 5.41. The van der Waals surface area contributed by atoms with Gasteiger partial charge in [0.25, 0.3) is 5.91 Å². The van der Waals surface area contributed by atoms with Crippen molar-refractivity contribution in [2.45, 2.75) is 33.0 Å². The molecule has 1 aromatic heterocycles. The lowest BCUT2D eigenvalue weighted by molar-refractivity contribution is -0.129. The third-order valence-corrected chi connectivity index (χ3v) is 3.15. The lowest BCUT2D eigenvalue weighted by Gasteiger charge is -2.13. The highest BCUT2D eigenvalue weighted by molar-refractivity contribution is 5.81. The first-order valence-electron chi connectivity index (χ1n) is 7.08. The van der Waals surface area contributed by atoms with Crippen LogP contribution in [-0.2, 0) is 17.9 Å². The van der Waals surface area contributed by atoms with E-state index in [1.807, 2.05) is 16.8 Å². The minimum absolute atomic E-state index is 0.308. The van der Waals surface area contributed by atoms with Crippen molar-refractivity contribution < 1.29 is 9.90 Å². The predicted octanol–water partition coefficient (Wildman–Crippen LogP) is 1.89. The number of carbonyl (C=O) groups is 1. The molecule has 0 aliphatic carbocycles. The lowest BCUT2D eigenvalue weighted by Crippen LogP contribution is -2.30. The largest absolute Gasteiger partial charge is 0.378 e. The fourth-order valence-corrected chi connectivity index (χ4v) is 2.12. The summed E-state index contributed by atoms with van der Waals surface area (Å²) < 4.78 is 2.01. The Morgan fingerprint density at radius 1 is 1.33 bits per heavy atom. The zero-order valence-corrected chi connectivity index (χ0v) is 12.4. The van der Waals surface area contributed by atoms with Crippen LogP contribution in [0.4, 0.5) is 0 Å². The molecule has 1 amide bonds. The van der Waals surface area contributed by atoms with E-state index in [2.05, 4.69) is 24.1 Å². The molecule has 0 spiro atoms. The van der Waals surface area contributed by atoms with Gasteiger partial charge in [0.05, 0.1) is 6.54 Å². The van der Waals surface area contributed by atoms with Gasteiger partial charge >= 0.3 is 0 Å². The monoisotopic (exact) mass is 287 g/mol. The van der Waals surface area contributed by atoms with Gasteiger partial charge in [-0.15, -0.1) is 0 Å². The van der Waals surface area contributed by atoms with Crippen molar-refractivity contribution >= 4 is 5.91 Å². The molecule has 0 aliphatic heterocycles. The third kappa shape index (κ3) is 4.16. The summed E-state index contributed by atoms with van der Waals surface area (Å²) in [4.78, 5) is 16.2. The normalized spacial score (nSPS) is 12.4. The standard InChI is InChI=1S/C16H21N3O2/c1-12(2)11-19-9-8-17-14(19)10-18-16(21)15(20)13-6-4-3-5-7-13/h3-9,12,15,20H,10-11H2,1-2H3,(H,18,21). The highest BCUT2D eigenvalue weighted by Crippen LogP contribution is 2.12. The fourth-order valence-electron chi connectivity index (χ4n) is 2.12. The molecule has 2 rings (SSSR count). The molecule has 112 valence electrons. The highest BCUT2D eigenvalue weighted by atomic mass is 16.3. The third-order valence-electron chi connectivity index (χ3n) is 3.15. The van der Waals surface area contributed by atoms with Gasteiger partial charge in [0.15, 0.2) is 6.10 Å². The van der Waals surface area contributed by atoms with Crippen LogP contribution in [0.5, 0.6) is 0 Å². The Kier molecular flexibility index (Phi) is 5.11. The smallest absolute Gasteiger partial charge is 0.253 e. The topological polar surface area (TPSA) is 67.2 Å². The van der Waals surface area contributed by atoms with Crippen molar-refractivity contribution in [1.29, 1.82) is 0 Å². The molecule has 1 heterocycles. The Morgan fingerprint density at radius 2 is 2.05 bits per heavy atom. The van der Waals surface area contributed by atoms with Gasteiger partial charge in [-0.1, -0.05) is 44.2 Å². The molecule has 0 aliphatic rings. The van der Waals surface area contributed by atoms with E-state index in [1.54, 1.807) is 30.5 Å². The summed E-state index contributed by atoms with van der Waals surface area (Å²) in [5.41, 5.74) is 0.584. The van der Waals surface area contributed by atoms with E-state index in [9.17, 15) is 9.90 Å². The van der Waals surface area contributed by atoms with Gasteiger partial charge in [-0.2, -0.15) is 0 Å². The average Bonchev–Trinajstić information content (AvgIpc) is 2.91. The molecule has 21 heavy (non-hydrogen) atoms. The first-order valence-corrected chi connectivity index (χ1v) is 7.08. The lowest BCUT2D eigenvalue weighted by atomic mass is 10.1. The molecule has 0 saturated heterocycles. The Balaban J connectivity index is 1.94. The van der Waals surface area contributed by atoms with Crippen LogP contribution in [0.1, 0.15) is 31.3 Å². The van der Waals surface area contributed by atoms with Crippen molar-refractivity contribution in [2.75, 3.05) is 0 Å². The highest BCUT2D eigenvalue weighted by Gasteiger charge is 2.17. The number of hydrogen-bond acceptors (Lipinski definition) is 3. The zero-order chi connectivity index (χ0) is 15.2. The van der Waals surface area contributed by atoms with Gasteiger partial charge in [0.1, 0.15) is 5.82 Å². The van der Waals surface area contributed by atoms with Gasteiger partial charge < -0.3 is 15.0 Å². The van der Waals surface area contributed by atoms with Gasteiger partial charge in [-0.25, -0.2) is 4.98 Å². The number of aliphatic hydroxyl groups is 1. The molecule has 0 radical (unpaired) electrons. The van der Waals surface area contributed by atoms with Crippen LogP contribution in [0.25, 0.3) is 0 Å². The Hall–Kier alpha value is -2.14. The number of rotatable bonds is 6. The quantitative estimate of drug-likeness (QED) is 0.852. The van der Waals surface area contributed by atoms with Crippen LogP contribution in [0, 0.1) is 5.92 Å². The van der Waals surface area contributed by atoms with Gasteiger partial charge in [0.2, 0.25) is 0 Å². The maximum Gasteiger partial charge on any atom is 0.253 e. The van der Waals surface area contributed by atoms with Crippen molar-refractivity contribution in [3.05, 3.63) is 54.1 Å². The molecule has 1 atom stereocenters. The number of carbonyl (C=O) groups excluding carboxylic acids is 1. The van der Waals surface area contributed by atoms with E-state index >= 15 is 0 Å². The molecule has 0 saturated carbocycles. The average molecular weight is 287 g/mol. The maximum absolute atomic E-state index is 12.0. The van der Waals surface area contributed by atoms with Crippen molar-refractivity contribution in [2.24, 2.45) is 5.92 Å². The van der Waals surface area contributed by atoms with E-state index < -0.39 is 12.0 Å². The number of aromatic nitrogens is 2.